The third-order valence-electron chi connectivity index (χ3n) is 5.88. The van der Waals surface area contributed by atoms with Crippen LogP contribution in [0.5, 0.6) is 0 Å². The van der Waals surface area contributed by atoms with Crippen LogP contribution >= 0.6 is 0 Å². The number of hydrogen-bond donors (Lipinski definition) is 2. The Morgan fingerprint density at radius 3 is 2.49 bits per heavy atom. The molecule has 0 atom stereocenters. The van der Waals surface area contributed by atoms with E-state index in [1.165, 1.54) is 30.5 Å². The summed E-state index contributed by atoms with van der Waals surface area (Å²) in [6.45, 7) is 7.26. The van der Waals surface area contributed by atoms with E-state index in [9.17, 15) is 14.4 Å². The summed E-state index contributed by atoms with van der Waals surface area (Å²) in [5, 5.41) is 12.5. The summed E-state index contributed by atoms with van der Waals surface area (Å²) in [6.07, 6.45) is 1.19. The molecule has 0 aliphatic carbocycles. The van der Waals surface area contributed by atoms with Crippen LogP contribution in [0.1, 0.15) is 12.5 Å². The molecule has 0 aromatic heterocycles. The number of halogens is 1. The molecule has 2 aromatic carbocycles. The monoisotopic (exact) mass is 477 g/mol. The predicted octanol–water partition coefficient (Wildman–Crippen LogP) is 2.95. The van der Waals surface area contributed by atoms with Gasteiger partial charge >= 0.3 is 0 Å². The average molecular weight is 478 g/mol. The van der Waals surface area contributed by atoms with Gasteiger partial charge in [0.25, 0.3) is 5.91 Å². The highest BCUT2D eigenvalue weighted by molar-refractivity contribution is 6.25. The van der Waals surface area contributed by atoms with Crippen molar-refractivity contribution in [2.75, 3.05) is 63.6 Å². The topological polar surface area (TPSA) is 101 Å². The van der Waals surface area contributed by atoms with E-state index in [2.05, 4.69) is 45.2 Å². The van der Waals surface area contributed by atoms with Gasteiger partial charge in [0.15, 0.2) is 0 Å². The number of nitrogens with two attached hydrogens (primary N) is 1. The Morgan fingerprint density at radius 1 is 1.20 bits per heavy atom. The lowest BCUT2D eigenvalue weighted by atomic mass is 10.1. The van der Waals surface area contributed by atoms with Gasteiger partial charge in [0.1, 0.15) is 11.9 Å². The maximum Gasteiger partial charge on any atom is 0.258 e. The highest BCUT2D eigenvalue weighted by atomic mass is 19.1. The number of amides is 1. The normalized spacial score (nSPS) is 15.3. The minimum atomic E-state index is -0.443. The first-order valence-corrected chi connectivity index (χ1v) is 11.5. The number of benzene rings is 2. The predicted molar refractivity (Wildman–Crippen MR) is 138 cm³/mol. The summed E-state index contributed by atoms with van der Waals surface area (Å²) >= 11 is 0. The van der Waals surface area contributed by atoms with Crippen LogP contribution in [0.4, 0.5) is 21.5 Å². The Morgan fingerprint density at radius 2 is 1.89 bits per heavy atom. The second-order valence-electron chi connectivity index (χ2n) is 8.68. The van der Waals surface area contributed by atoms with Crippen molar-refractivity contribution >= 4 is 28.7 Å². The van der Waals surface area contributed by atoms with E-state index in [-0.39, 0.29) is 11.4 Å². The Kier molecular flexibility index (Phi) is 8.95. The van der Waals surface area contributed by atoms with Crippen LogP contribution < -0.4 is 16.0 Å². The molecule has 2 aromatic rings. The summed E-state index contributed by atoms with van der Waals surface area (Å²) in [7, 11) is 4.14. The number of nitrogens with one attached hydrogen (secondary N) is 1. The first kappa shape index (κ1) is 25.9. The summed E-state index contributed by atoms with van der Waals surface area (Å²) in [6, 6.07) is 13.2. The first-order valence-electron chi connectivity index (χ1n) is 11.5. The molecule has 1 saturated heterocycles. The Hall–Kier alpha value is -3.74. The molecule has 0 radical (unpaired) electrons. The van der Waals surface area contributed by atoms with Gasteiger partial charge in [-0.15, -0.1) is 0 Å². The zero-order valence-electron chi connectivity index (χ0n) is 20.5. The largest absolute Gasteiger partial charge is 0.404 e. The summed E-state index contributed by atoms with van der Waals surface area (Å²) < 4.78 is 13.1. The maximum absolute atomic E-state index is 13.1. The molecular formula is C26H32FN7O. The summed E-state index contributed by atoms with van der Waals surface area (Å²) in [4.78, 5) is 24.0. The molecule has 3 N–H and O–H groups in total. The number of anilines is 2. The highest BCUT2D eigenvalue weighted by Gasteiger charge is 2.20. The van der Waals surface area contributed by atoms with Crippen LogP contribution in [0.15, 0.2) is 59.2 Å². The van der Waals surface area contributed by atoms with Gasteiger partial charge in [-0.2, -0.15) is 5.26 Å². The number of nitrogens with zero attached hydrogens (tertiary/aromatic N) is 5. The lowest BCUT2D eigenvalue weighted by molar-refractivity contribution is -0.112. The van der Waals surface area contributed by atoms with E-state index < -0.39 is 5.91 Å². The molecule has 0 saturated carbocycles. The molecule has 8 nitrogen and oxygen atoms in total. The molecule has 0 unspecified atom stereocenters. The van der Waals surface area contributed by atoms with E-state index in [0.29, 0.717) is 22.6 Å². The smallest absolute Gasteiger partial charge is 0.258 e. The first-order chi connectivity index (χ1) is 16.8. The fourth-order valence-electron chi connectivity index (χ4n) is 3.86. The molecule has 1 aliphatic heterocycles. The number of rotatable bonds is 8. The zero-order chi connectivity index (χ0) is 25.4. The van der Waals surface area contributed by atoms with Gasteiger partial charge in [-0.05, 0) is 63.5 Å². The van der Waals surface area contributed by atoms with Gasteiger partial charge in [-0.3, -0.25) is 14.7 Å². The van der Waals surface area contributed by atoms with Crippen LogP contribution in [0.3, 0.4) is 0 Å². The van der Waals surface area contributed by atoms with Crippen LogP contribution in [-0.2, 0) is 4.79 Å². The van der Waals surface area contributed by atoms with Crippen LogP contribution in [-0.4, -0.2) is 74.8 Å². The van der Waals surface area contributed by atoms with Crippen molar-refractivity contribution in [1.29, 1.82) is 5.26 Å². The maximum atomic E-state index is 13.1. The van der Waals surface area contributed by atoms with Gasteiger partial charge in [0.05, 0.1) is 28.2 Å². The van der Waals surface area contributed by atoms with Crippen molar-refractivity contribution in [2.24, 2.45) is 10.7 Å². The van der Waals surface area contributed by atoms with E-state index in [1.807, 2.05) is 6.07 Å². The van der Waals surface area contributed by atoms with Gasteiger partial charge in [-0.1, -0.05) is 0 Å². The fourth-order valence-corrected chi connectivity index (χ4v) is 3.86. The lowest BCUT2D eigenvalue weighted by Crippen LogP contribution is -2.48. The van der Waals surface area contributed by atoms with Crippen molar-refractivity contribution < 1.29 is 9.18 Å². The third-order valence-corrected chi connectivity index (χ3v) is 5.88. The van der Waals surface area contributed by atoms with E-state index in [4.69, 9.17) is 5.73 Å². The zero-order valence-corrected chi connectivity index (χ0v) is 20.5. The van der Waals surface area contributed by atoms with Gasteiger partial charge < -0.3 is 20.9 Å². The molecule has 3 rings (SSSR count). The quantitative estimate of drug-likeness (QED) is 0.448. The number of likely N-dealkylation sites (N-methyl/N-ethyl adjacent to an activating group) is 1. The molecule has 35 heavy (non-hydrogen) atoms. The molecule has 1 amide bonds. The van der Waals surface area contributed by atoms with Crippen LogP contribution in [0.25, 0.3) is 0 Å². The Bertz CT molecular complexity index is 1130. The van der Waals surface area contributed by atoms with Crippen molar-refractivity contribution in [1.82, 2.24) is 9.80 Å². The Balaban J connectivity index is 1.67. The standard InChI is InChI=1S/C26H32FN7O/c1-19(30-22-6-4-21(27)5-7-22)24(18-29)26(35)31-23-8-9-25(20(16-23)17-28)34-14-12-33(13-15-34)11-10-32(2)3/h4-9,16,18H,10-15,29H2,1-3H3,(H,31,35). The van der Waals surface area contributed by atoms with E-state index in [1.54, 1.807) is 19.1 Å². The molecule has 1 fully saturated rings. The summed E-state index contributed by atoms with van der Waals surface area (Å²) in [5.41, 5.74) is 8.64. The molecular weight excluding hydrogens is 445 g/mol. The molecule has 0 bridgehead atoms. The number of piperazine rings is 1. The molecule has 1 aliphatic rings. The van der Waals surface area contributed by atoms with Crippen LogP contribution in [0.2, 0.25) is 0 Å². The van der Waals surface area contributed by atoms with Crippen molar-refractivity contribution in [2.45, 2.75) is 6.92 Å². The number of carbonyl (C=O) groups is 1. The molecule has 1 heterocycles. The number of aliphatic imine (C=N–C) groups is 1. The number of hydrogen-bond acceptors (Lipinski definition) is 7. The van der Waals surface area contributed by atoms with Gasteiger partial charge in [0.2, 0.25) is 0 Å². The van der Waals surface area contributed by atoms with E-state index in [0.717, 1.165) is 45.0 Å². The molecule has 0 spiro atoms. The number of carbonyl (C=O) groups excluding carboxylic acids is 1. The van der Waals surface area contributed by atoms with Gasteiger partial charge in [-0.25, -0.2) is 4.39 Å². The molecule has 184 valence electrons. The minimum Gasteiger partial charge on any atom is -0.404 e. The second-order valence-corrected chi connectivity index (χ2v) is 8.68. The number of nitriles is 1. The SMILES string of the molecule is CC(=Nc1ccc(F)cc1)C(=CN)C(=O)Nc1ccc(N2CCN(CCN(C)C)CC2)c(C#N)c1. The fraction of sp³-hybridized carbons (Fsp3) is 0.346. The second kappa shape index (κ2) is 12.1. The minimum absolute atomic E-state index is 0.186. The van der Waals surface area contributed by atoms with Gasteiger partial charge in [0, 0.05) is 51.2 Å². The Labute approximate surface area is 206 Å². The summed E-state index contributed by atoms with van der Waals surface area (Å²) in [5.74, 6) is -0.807. The van der Waals surface area contributed by atoms with Crippen molar-refractivity contribution in [3.63, 3.8) is 0 Å². The highest BCUT2D eigenvalue weighted by Crippen LogP contribution is 2.25. The average Bonchev–Trinajstić information content (AvgIpc) is 2.85. The molecule has 9 heteroatoms. The van der Waals surface area contributed by atoms with E-state index >= 15 is 0 Å². The third kappa shape index (κ3) is 7.12. The van der Waals surface area contributed by atoms with Crippen molar-refractivity contribution in [3.8, 4) is 6.07 Å². The van der Waals surface area contributed by atoms with Crippen LogP contribution in [0, 0.1) is 17.1 Å². The van der Waals surface area contributed by atoms with Crippen molar-refractivity contribution in [3.05, 3.63) is 65.6 Å². The lowest BCUT2D eigenvalue weighted by Gasteiger charge is -2.37.